The summed E-state index contributed by atoms with van der Waals surface area (Å²) in [5.74, 6) is 10.1. The molecule has 0 aromatic carbocycles. The summed E-state index contributed by atoms with van der Waals surface area (Å²) < 4.78 is 22.7. The van der Waals surface area contributed by atoms with Crippen LogP contribution < -0.4 is 20.1 Å². The van der Waals surface area contributed by atoms with E-state index in [1.54, 1.807) is 23.9 Å². The molecular weight excluding hydrogens is 733 g/mol. The van der Waals surface area contributed by atoms with Gasteiger partial charge in [-0.05, 0) is 0 Å². The van der Waals surface area contributed by atoms with Crippen LogP contribution >= 0.6 is 22.7 Å². The van der Waals surface area contributed by atoms with Crippen molar-refractivity contribution in [3.63, 3.8) is 0 Å². The number of rotatable bonds is 22. The van der Waals surface area contributed by atoms with Crippen LogP contribution in [0.25, 0.3) is 0 Å². The average molecular weight is 787 g/mol. The summed E-state index contributed by atoms with van der Waals surface area (Å²) in [4.78, 5) is 63.4. The lowest BCUT2D eigenvalue weighted by molar-refractivity contribution is -0.147. The predicted octanol–water partition coefficient (Wildman–Crippen LogP) is 4.18. The fourth-order valence-corrected chi connectivity index (χ4v) is 5.71. The van der Waals surface area contributed by atoms with Crippen molar-refractivity contribution in [3.05, 3.63) is 34.3 Å². The number of nitrogens with one attached hydrogen (secondary N) is 2. The van der Waals surface area contributed by atoms with E-state index >= 15 is 0 Å². The van der Waals surface area contributed by atoms with E-state index in [1.165, 1.54) is 12.4 Å². The number of hydrogen-bond acceptors (Lipinski definition) is 14. The lowest BCUT2D eigenvalue weighted by atomic mass is 10.3. The van der Waals surface area contributed by atoms with E-state index in [0.29, 0.717) is 35.7 Å². The first kappa shape index (κ1) is 45.7. The van der Waals surface area contributed by atoms with Crippen LogP contribution in [0.2, 0.25) is 0 Å². The Morgan fingerprint density at radius 1 is 0.704 bits per heavy atom. The molecule has 2 N–H and O–H groups in total. The van der Waals surface area contributed by atoms with Crippen LogP contribution in [0.15, 0.2) is 24.5 Å². The van der Waals surface area contributed by atoms with Crippen molar-refractivity contribution in [3.8, 4) is 34.1 Å². The standard InChI is InChI=1S/C38H54N6O8S2/c1-9-11-13-15-19-43(7)35(47)31-23-41-37(53-31)49-25-29(21-39-27(3)4)51-33(45)17-18-34(46)52-30(22-40-28(5)6)26-50-38-42-24-32(54-38)36(48)44(8)20-16-14-12-10-2/h17-18,23-24,27-30,39-40H,9-10,15-16,19-22,25-26H2,1-8H3/b18-17-. The van der Waals surface area contributed by atoms with E-state index in [-0.39, 0.29) is 60.6 Å². The lowest BCUT2D eigenvalue weighted by Gasteiger charge is -2.19. The number of aromatic nitrogens is 2. The van der Waals surface area contributed by atoms with Crippen molar-refractivity contribution in [1.29, 1.82) is 0 Å². The quantitative estimate of drug-likeness (QED) is 0.0997. The molecule has 14 nitrogen and oxygen atoms in total. The molecule has 2 amide bonds. The zero-order valence-electron chi connectivity index (χ0n) is 32.6. The van der Waals surface area contributed by atoms with Crippen molar-refractivity contribution in [2.45, 2.75) is 91.5 Å². The monoisotopic (exact) mass is 786 g/mol. The van der Waals surface area contributed by atoms with Gasteiger partial charge >= 0.3 is 11.9 Å². The van der Waals surface area contributed by atoms with Gasteiger partial charge in [-0.25, -0.2) is 19.6 Å². The summed E-state index contributed by atoms with van der Waals surface area (Å²) >= 11 is 2.19. The highest BCUT2D eigenvalue weighted by Crippen LogP contribution is 2.23. The van der Waals surface area contributed by atoms with E-state index in [4.69, 9.17) is 18.9 Å². The normalized spacial score (nSPS) is 12.0. The van der Waals surface area contributed by atoms with Gasteiger partial charge < -0.3 is 39.4 Å². The van der Waals surface area contributed by atoms with Crippen LogP contribution in [0.4, 0.5) is 0 Å². The minimum absolute atomic E-state index is 0.0401. The largest absolute Gasteiger partial charge is 0.466 e. The molecule has 0 fully saturated rings. The van der Waals surface area contributed by atoms with Gasteiger partial charge in [0.25, 0.3) is 22.2 Å². The topological polar surface area (TPSA) is 162 Å². The molecule has 2 heterocycles. The molecule has 296 valence electrons. The molecule has 2 aromatic heterocycles. The molecule has 16 heteroatoms. The molecule has 2 atom stereocenters. The van der Waals surface area contributed by atoms with Gasteiger partial charge in [0.1, 0.15) is 35.2 Å². The first-order valence-corrected chi connectivity index (χ1v) is 19.6. The Morgan fingerprint density at radius 3 is 1.44 bits per heavy atom. The summed E-state index contributed by atoms with van der Waals surface area (Å²) in [5, 5.41) is 6.93. The number of ether oxygens (including phenoxy) is 4. The summed E-state index contributed by atoms with van der Waals surface area (Å²) in [6, 6.07) is 0.204. The van der Waals surface area contributed by atoms with E-state index in [9.17, 15) is 19.2 Å². The molecule has 2 unspecified atom stereocenters. The highest BCUT2D eigenvalue weighted by molar-refractivity contribution is 7.15. The molecule has 2 aromatic rings. The van der Waals surface area contributed by atoms with Gasteiger partial charge in [-0.2, -0.15) is 0 Å². The lowest BCUT2D eigenvalue weighted by Crippen LogP contribution is -2.38. The first-order chi connectivity index (χ1) is 25.8. The third-order valence-corrected chi connectivity index (χ3v) is 8.84. The van der Waals surface area contributed by atoms with Gasteiger partial charge in [-0.1, -0.05) is 64.2 Å². The Morgan fingerprint density at radius 2 is 1.09 bits per heavy atom. The maximum Gasteiger partial charge on any atom is 0.331 e. The molecule has 0 radical (unpaired) electrons. The van der Waals surface area contributed by atoms with E-state index in [2.05, 4.69) is 44.3 Å². The van der Waals surface area contributed by atoms with Crippen LogP contribution in [0.3, 0.4) is 0 Å². The fourth-order valence-electron chi connectivity index (χ4n) is 4.18. The number of amides is 2. The second kappa shape index (κ2) is 25.5. The second-order valence-electron chi connectivity index (χ2n) is 12.5. The zero-order chi connectivity index (χ0) is 39.9. The van der Waals surface area contributed by atoms with Gasteiger partial charge in [-0.15, -0.1) is 23.7 Å². The summed E-state index contributed by atoms with van der Waals surface area (Å²) in [7, 11) is 3.41. The summed E-state index contributed by atoms with van der Waals surface area (Å²) in [6.45, 7) is 13.2. The van der Waals surface area contributed by atoms with Crippen LogP contribution in [-0.2, 0) is 19.1 Å². The third kappa shape index (κ3) is 18.5. The van der Waals surface area contributed by atoms with Crippen molar-refractivity contribution in [2.75, 3.05) is 53.5 Å². The predicted molar refractivity (Wildman–Crippen MR) is 210 cm³/mol. The maximum absolute atomic E-state index is 12.8. The highest BCUT2D eigenvalue weighted by Gasteiger charge is 2.21. The zero-order valence-corrected chi connectivity index (χ0v) is 34.2. The molecule has 2 rings (SSSR count). The Balaban J connectivity index is 1.95. The first-order valence-electron chi connectivity index (χ1n) is 18.0. The van der Waals surface area contributed by atoms with E-state index in [0.717, 1.165) is 47.7 Å². The summed E-state index contributed by atoms with van der Waals surface area (Å²) in [5.41, 5.74) is 0. The molecule has 0 saturated heterocycles. The van der Waals surface area contributed by atoms with Gasteiger partial charge in [0.2, 0.25) is 0 Å². The maximum atomic E-state index is 12.8. The van der Waals surface area contributed by atoms with Crippen LogP contribution in [0.1, 0.15) is 86.6 Å². The third-order valence-electron chi connectivity index (χ3n) is 7.05. The van der Waals surface area contributed by atoms with Gasteiger partial charge in [0.15, 0.2) is 0 Å². The Labute approximate surface area is 327 Å². The molecule has 0 spiro atoms. The van der Waals surface area contributed by atoms with Crippen molar-refractivity contribution in [1.82, 2.24) is 30.4 Å². The molecule has 0 aliphatic carbocycles. The van der Waals surface area contributed by atoms with Crippen LogP contribution in [0, 0.1) is 23.7 Å². The number of esters is 2. The molecular formula is C38H54N6O8S2. The number of nitrogens with zero attached hydrogens (tertiary/aromatic N) is 4. The molecule has 0 bridgehead atoms. The number of hydrogen-bond donors (Lipinski definition) is 2. The highest BCUT2D eigenvalue weighted by atomic mass is 32.1. The Kier molecular flexibility index (Phi) is 21.6. The molecule has 0 saturated carbocycles. The number of carbonyl (C=O) groups excluding carboxylic acids is 4. The van der Waals surface area contributed by atoms with Crippen molar-refractivity contribution >= 4 is 46.4 Å². The SMILES string of the molecule is CCC#CCCN(C)C(=O)c1cnc(OCC(CNC(C)C)OC(=O)/C=C\C(=O)OC(CNC(C)C)COc2ncc(C(=O)N(C)CCC#CCC)s2)s1. The Hall–Kier alpha value is -4.48. The minimum Gasteiger partial charge on any atom is -0.466 e. The van der Waals surface area contributed by atoms with E-state index < -0.39 is 24.1 Å². The van der Waals surface area contributed by atoms with Crippen molar-refractivity contribution in [2.24, 2.45) is 0 Å². The van der Waals surface area contributed by atoms with E-state index in [1.807, 2.05) is 41.5 Å². The minimum atomic E-state index is -0.774. The molecule has 0 aliphatic heterocycles. The number of thiazole rings is 2. The number of carbonyl (C=O) groups is 4. The van der Waals surface area contributed by atoms with Crippen LogP contribution in [0.5, 0.6) is 10.4 Å². The van der Waals surface area contributed by atoms with Gasteiger partial charge in [0.05, 0.1) is 12.4 Å². The van der Waals surface area contributed by atoms with Crippen LogP contribution in [-0.4, -0.2) is 121 Å². The second-order valence-corrected chi connectivity index (χ2v) is 14.5. The Bertz CT molecular complexity index is 1520. The van der Waals surface area contributed by atoms with Crippen molar-refractivity contribution < 1.29 is 38.1 Å². The molecule has 54 heavy (non-hydrogen) atoms. The van der Waals surface area contributed by atoms with Gasteiger partial charge in [-0.3, -0.25) is 9.59 Å². The smallest absolute Gasteiger partial charge is 0.331 e. The average Bonchev–Trinajstić information content (AvgIpc) is 3.82. The van der Waals surface area contributed by atoms with Gasteiger partial charge in [0, 0.05) is 90.2 Å². The molecule has 0 aliphatic rings. The fraction of sp³-hybridized carbons (Fsp3) is 0.579. The summed E-state index contributed by atoms with van der Waals surface area (Å²) in [6.07, 6.45) is 6.12.